The average Bonchev–Trinajstić information content (AvgIpc) is 2.38. The van der Waals surface area contributed by atoms with Crippen LogP contribution in [0.5, 0.6) is 0 Å². The van der Waals surface area contributed by atoms with Crippen molar-refractivity contribution in [1.29, 1.82) is 0 Å². The first-order valence-electron chi connectivity index (χ1n) is 5.54. The van der Waals surface area contributed by atoms with E-state index < -0.39 is 4.92 Å². The number of aryl methyl sites for hydroxylation is 1. The first-order valence-corrected chi connectivity index (χ1v) is 5.54. The Morgan fingerprint density at radius 1 is 1.39 bits per heavy atom. The molecule has 0 atom stereocenters. The van der Waals surface area contributed by atoms with Crippen molar-refractivity contribution in [3.8, 4) is 0 Å². The maximum Gasteiger partial charge on any atom is 0.271 e. The van der Waals surface area contributed by atoms with Gasteiger partial charge in [0, 0.05) is 36.8 Å². The Bertz CT molecular complexity index is 555. The number of pyridine rings is 1. The predicted octanol–water partition coefficient (Wildman–Crippen LogP) is 2.91. The maximum atomic E-state index is 10.7. The summed E-state index contributed by atoms with van der Waals surface area (Å²) in [5.74, 6) is 0. The molecule has 92 valence electrons. The average molecular weight is 243 g/mol. The molecule has 0 aliphatic rings. The molecular formula is C13H13N3O2. The lowest BCUT2D eigenvalue weighted by Crippen LogP contribution is -2.02. The molecule has 0 fully saturated rings. The third kappa shape index (κ3) is 2.82. The molecule has 2 rings (SSSR count). The number of anilines is 1. The molecule has 2 aromatic rings. The molecule has 1 N–H and O–H groups in total. The summed E-state index contributed by atoms with van der Waals surface area (Å²) in [6, 6.07) is 8.60. The standard InChI is InChI=1S/C13H13N3O2/c1-10-4-5-12(16(17)18)7-13(10)15-9-11-3-2-6-14-8-11/h2-8,15H,9H2,1H3. The van der Waals surface area contributed by atoms with Gasteiger partial charge in [0.05, 0.1) is 4.92 Å². The quantitative estimate of drug-likeness (QED) is 0.662. The molecule has 0 spiro atoms. The number of non-ortho nitro benzene ring substituents is 1. The maximum absolute atomic E-state index is 10.7. The fourth-order valence-corrected chi connectivity index (χ4v) is 1.61. The summed E-state index contributed by atoms with van der Waals surface area (Å²) in [4.78, 5) is 14.3. The molecule has 0 saturated heterocycles. The Hall–Kier alpha value is -2.43. The number of nitrogens with zero attached hydrogens (tertiary/aromatic N) is 2. The fraction of sp³-hybridized carbons (Fsp3) is 0.154. The second kappa shape index (κ2) is 5.27. The smallest absolute Gasteiger partial charge is 0.271 e. The molecular weight excluding hydrogens is 230 g/mol. The van der Waals surface area contributed by atoms with E-state index in [1.54, 1.807) is 24.5 Å². The Balaban J connectivity index is 2.14. The van der Waals surface area contributed by atoms with Gasteiger partial charge in [0.1, 0.15) is 0 Å². The van der Waals surface area contributed by atoms with Gasteiger partial charge < -0.3 is 5.32 Å². The van der Waals surface area contributed by atoms with Gasteiger partial charge in [-0.05, 0) is 24.1 Å². The van der Waals surface area contributed by atoms with E-state index >= 15 is 0 Å². The van der Waals surface area contributed by atoms with Crippen LogP contribution in [0.25, 0.3) is 0 Å². The van der Waals surface area contributed by atoms with Crippen LogP contribution in [0.3, 0.4) is 0 Å². The van der Waals surface area contributed by atoms with Crippen molar-refractivity contribution in [3.63, 3.8) is 0 Å². The van der Waals surface area contributed by atoms with Gasteiger partial charge in [0.25, 0.3) is 5.69 Å². The number of nitro groups is 1. The van der Waals surface area contributed by atoms with Crippen molar-refractivity contribution >= 4 is 11.4 Å². The minimum atomic E-state index is -0.394. The molecule has 1 aromatic carbocycles. The molecule has 5 nitrogen and oxygen atoms in total. The minimum absolute atomic E-state index is 0.0919. The molecule has 1 heterocycles. The van der Waals surface area contributed by atoms with Crippen LogP contribution >= 0.6 is 0 Å². The summed E-state index contributed by atoms with van der Waals surface area (Å²) in [6.07, 6.45) is 3.47. The van der Waals surface area contributed by atoms with Crippen LogP contribution in [0.1, 0.15) is 11.1 Å². The zero-order valence-corrected chi connectivity index (χ0v) is 9.96. The second-order valence-electron chi connectivity index (χ2n) is 3.97. The van der Waals surface area contributed by atoms with Crippen LogP contribution in [0.2, 0.25) is 0 Å². The molecule has 0 bridgehead atoms. The number of hydrogen-bond acceptors (Lipinski definition) is 4. The third-order valence-electron chi connectivity index (χ3n) is 2.64. The van der Waals surface area contributed by atoms with E-state index in [1.165, 1.54) is 6.07 Å². The summed E-state index contributed by atoms with van der Waals surface area (Å²) in [5.41, 5.74) is 2.87. The number of aromatic nitrogens is 1. The largest absolute Gasteiger partial charge is 0.380 e. The van der Waals surface area contributed by atoms with Crippen molar-refractivity contribution < 1.29 is 4.92 Å². The van der Waals surface area contributed by atoms with Crippen molar-refractivity contribution in [2.45, 2.75) is 13.5 Å². The molecule has 1 aromatic heterocycles. The molecule has 0 aliphatic carbocycles. The van der Waals surface area contributed by atoms with Crippen LogP contribution in [-0.2, 0) is 6.54 Å². The van der Waals surface area contributed by atoms with Gasteiger partial charge in [0.2, 0.25) is 0 Å². The highest BCUT2D eigenvalue weighted by Crippen LogP contribution is 2.22. The molecule has 0 saturated carbocycles. The lowest BCUT2D eigenvalue weighted by molar-refractivity contribution is -0.384. The molecule has 0 unspecified atom stereocenters. The minimum Gasteiger partial charge on any atom is -0.380 e. The van der Waals surface area contributed by atoms with Crippen molar-refractivity contribution in [3.05, 3.63) is 64.0 Å². The number of hydrogen-bond donors (Lipinski definition) is 1. The number of rotatable bonds is 4. The lowest BCUT2D eigenvalue weighted by Gasteiger charge is -2.09. The lowest BCUT2D eigenvalue weighted by atomic mass is 10.1. The van der Waals surface area contributed by atoms with Crippen molar-refractivity contribution in [1.82, 2.24) is 4.98 Å². The van der Waals surface area contributed by atoms with Gasteiger partial charge in [0.15, 0.2) is 0 Å². The summed E-state index contributed by atoms with van der Waals surface area (Å²) < 4.78 is 0. The predicted molar refractivity (Wildman–Crippen MR) is 69.4 cm³/mol. The van der Waals surface area contributed by atoms with Gasteiger partial charge in [-0.3, -0.25) is 15.1 Å². The Morgan fingerprint density at radius 2 is 2.22 bits per heavy atom. The van der Waals surface area contributed by atoms with E-state index in [0.717, 1.165) is 16.8 Å². The summed E-state index contributed by atoms with van der Waals surface area (Å²) >= 11 is 0. The van der Waals surface area contributed by atoms with E-state index in [9.17, 15) is 10.1 Å². The van der Waals surface area contributed by atoms with Gasteiger partial charge in [-0.15, -0.1) is 0 Å². The number of benzene rings is 1. The zero-order valence-electron chi connectivity index (χ0n) is 9.96. The van der Waals surface area contributed by atoms with Gasteiger partial charge in [-0.25, -0.2) is 0 Å². The van der Waals surface area contributed by atoms with Crippen molar-refractivity contribution in [2.75, 3.05) is 5.32 Å². The Labute approximate surface area is 105 Å². The van der Waals surface area contributed by atoms with Gasteiger partial charge in [-0.2, -0.15) is 0 Å². The summed E-state index contributed by atoms with van der Waals surface area (Å²) in [6.45, 7) is 2.51. The normalized spacial score (nSPS) is 10.1. The van der Waals surface area contributed by atoms with E-state index in [4.69, 9.17) is 0 Å². The van der Waals surface area contributed by atoms with Gasteiger partial charge in [-0.1, -0.05) is 12.1 Å². The monoisotopic (exact) mass is 243 g/mol. The first-order chi connectivity index (χ1) is 8.66. The zero-order chi connectivity index (χ0) is 13.0. The van der Waals surface area contributed by atoms with E-state index in [0.29, 0.717) is 6.54 Å². The second-order valence-corrected chi connectivity index (χ2v) is 3.97. The molecule has 0 radical (unpaired) electrons. The topological polar surface area (TPSA) is 68.1 Å². The van der Waals surface area contributed by atoms with Gasteiger partial charge >= 0.3 is 0 Å². The highest BCUT2D eigenvalue weighted by molar-refractivity contribution is 5.56. The van der Waals surface area contributed by atoms with Crippen LogP contribution < -0.4 is 5.32 Å². The first kappa shape index (κ1) is 12.0. The highest BCUT2D eigenvalue weighted by Gasteiger charge is 2.08. The third-order valence-corrected chi connectivity index (χ3v) is 2.64. The van der Waals surface area contributed by atoms with Crippen LogP contribution in [0.15, 0.2) is 42.7 Å². The van der Waals surface area contributed by atoms with Crippen molar-refractivity contribution in [2.24, 2.45) is 0 Å². The van der Waals surface area contributed by atoms with E-state index in [-0.39, 0.29) is 5.69 Å². The number of nitrogens with one attached hydrogen (secondary N) is 1. The van der Waals surface area contributed by atoms with Crippen LogP contribution in [0, 0.1) is 17.0 Å². The van der Waals surface area contributed by atoms with E-state index in [1.807, 2.05) is 19.1 Å². The number of nitro benzene ring substituents is 1. The highest BCUT2D eigenvalue weighted by atomic mass is 16.6. The van der Waals surface area contributed by atoms with E-state index in [2.05, 4.69) is 10.3 Å². The SMILES string of the molecule is Cc1ccc([N+](=O)[O-])cc1NCc1cccnc1. The Kier molecular flexibility index (Phi) is 3.52. The molecule has 18 heavy (non-hydrogen) atoms. The molecule has 0 amide bonds. The summed E-state index contributed by atoms with van der Waals surface area (Å²) in [5, 5.41) is 13.9. The fourth-order valence-electron chi connectivity index (χ4n) is 1.61. The Morgan fingerprint density at radius 3 is 2.89 bits per heavy atom. The molecule has 5 heteroatoms. The van der Waals surface area contributed by atoms with Crippen LogP contribution in [0.4, 0.5) is 11.4 Å². The molecule has 0 aliphatic heterocycles. The summed E-state index contributed by atoms with van der Waals surface area (Å²) in [7, 11) is 0. The van der Waals surface area contributed by atoms with Crippen LogP contribution in [-0.4, -0.2) is 9.91 Å².